The van der Waals surface area contributed by atoms with Gasteiger partial charge in [0.2, 0.25) is 0 Å². The van der Waals surface area contributed by atoms with Gasteiger partial charge in [0.05, 0.1) is 48.8 Å². The highest BCUT2D eigenvalue weighted by atomic mass is 79.9. The van der Waals surface area contributed by atoms with Gasteiger partial charge >= 0.3 is 0 Å². The summed E-state index contributed by atoms with van der Waals surface area (Å²) < 4.78 is 20.3. The molecule has 0 saturated carbocycles. The summed E-state index contributed by atoms with van der Waals surface area (Å²) in [6, 6.07) is 7.28. The Balaban J connectivity index is 1.65. The Bertz CT molecular complexity index is 1500. The van der Waals surface area contributed by atoms with Crippen LogP contribution in [-0.4, -0.2) is 35.8 Å². The zero-order valence-electron chi connectivity index (χ0n) is 18.9. The number of methoxy groups -OCH3 is 1. The number of nitrogens with zero attached hydrogens (tertiary/aromatic N) is 2. The number of imide groups is 1. The summed E-state index contributed by atoms with van der Waals surface area (Å²) in [5.74, 6) is -2.25. The Kier molecular flexibility index (Phi) is 6.69. The lowest BCUT2D eigenvalue weighted by molar-refractivity contribution is -0.130. The molecule has 0 unspecified atom stereocenters. The van der Waals surface area contributed by atoms with E-state index < -0.39 is 35.6 Å². The fourth-order valence-electron chi connectivity index (χ4n) is 4.56. The molecule has 0 bridgehead atoms. The molecule has 2 aliphatic rings. The molecule has 0 aliphatic carbocycles. The highest BCUT2D eigenvalue weighted by Crippen LogP contribution is 2.49. The van der Waals surface area contributed by atoms with Crippen molar-refractivity contribution in [3.8, 4) is 5.75 Å². The van der Waals surface area contributed by atoms with E-state index in [-0.39, 0.29) is 36.9 Å². The molecule has 12 heteroatoms. The van der Waals surface area contributed by atoms with Crippen LogP contribution in [0, 0.1) is 12.7 Å². The molecule has 0 N–H and O–H groups in total. The van der Waals surface area contributed by atoms with Crippen LogP contribution in [0.3, 0.4) is 0 Å². The molecular formula is C25H14BrCl4FN2O4. The van der Waals surface area contributed by atoms with Gasteiger partial charge in [-0.3, -0.25) is 19.3 Å². The average molecular weight is 647 g/mol. The Hall–Kier alpha value is -2.36. The lowest BCUT2D eigenvalue weighted by atomic mass is 9.86. The average Bonchev–Trinajstić information content (AvgIpc) is 3.12. The van der Waals surface area contributed by atoms with Crippen LogP contribution in [-0.2, 0) is 4.79 Å². The number of anilines is 1. The van der Waals surface area contributed by atoms with Crippen LogP contribution >= 0.6 is 62.3 Å². The number of rotatable bonds is 4. The van der Waals surface area contributed by atoms with Crippen LogP contribution in [0.15, 0.2) is 40.9 Å². The lowest BCUT2D eigenvalue weighted by Crippen LogP contribution is -2.67. The highest BCUT2D eigenvalue weighted by Gasteiger charge is 2.58. The number of hydrogen-bond acceptors (Lipinski definition) is 4. The summed E-state index contributed by atoms with van der Waals surface area (Å²) in [4.78, 5) is 42.7. The molecule has 190 valence electrons. The maximum absolute atomic E-state index is 14.5. The number of carbonyl (C=O) groups excluding carboxylic acids is 3. The van der Waals surface area contributed by atoms with Crippen molar-refractivity contribution in [3.05, 3.63) is 89.0 Å². The Morgan fingerprint density at radius 1 is 0.838 bits per heavy atom. The van der Waals surface area contributed by atoms with E-state index in [1.807, 2.05) is 0 Å². The second-order valence-corrected chi connectivity index (χ2v) is 10.8. The third kappa shape index (κ3) is 3.84. The van der Waals surface area contributed by atoms with Gasteiger partial charge in [-0.15, -0.1) is 0 Å². The molecule has 1 saturated heterocycles. The van der Waals surface area contributed by atoms with Gasteiger partial charge in [-0.05, 0) is 58.2 Å². The molecular weight excluding hydrogens is 633 g/mol. The molecule has 3 aromatic rings. The zero-order chi connectivity index (χ0) is 26.9. The van der Waals surface area contributed by atoms with E-state index in [1.54, 1.807) is 31.2 Å². The molecule has 37 heavy (non-hydrogen) atoms. The molecule has 2 atom stereocenters. The number of β-lactam (4-membered cyclic amide) rings is 1. The molecule has 5 rings (SSSR count). The van der Waals surface area contributed by atoms with Gasteiger partial charge in [-0.1, -0.05) is 58.5 Å². The number of carbonyl (C=O) groups is 3. The summed E-state index contributed by atoms with van der Waals surface area (Å²) in [6.07, 6.45) is 0. The molecule has 0 radical (unpaired) electrons. The molecule has 0 spiro atoms. The van der Waals surface area contributed by atoms with E-state index in [1.165, 1.54) is 24.1 Å². The van der Waals surface area contributed by atoms with E-state index >= 15 is 0 Å². The standard InChI is InChI=1S/C25H14BrCl4FN2O4/c1-9-3-5-11(8-13(9)31)32-21(10-4-6-14(37-2)12(26)7-10)22(25(32)36)33-23(34)15-16(24(33)35)18(28)20(30)19(29)17(15)27/h3-8,21-22H,1-2H3/t21-,22-/m0/s1. The molecule has 3 amide bonds. The van der Waals surface area contributed by atoms with Crippen molar-refractivity contribution in [2.45, 2.75) is 19.0 Å². The smallest absolute Gasteiger partial charge is 0.264 e. The van der Waals surface area contributed by atoms with Crippen molar-refractivity contribution in [2.75, 3.05) is 12.0 Å². The van der Waals surface area contributed by atoms with Crippen molar-refractivity contribution in [3.63, 3.8) is 0 Å². The van der Waals surface area contributed by atoms with E-state index in [0.717, 1.165) is 4.90 Å². The van der Waals surface area contributed by atoms with Gasteiger partial charge in [0, 0.05) is 5.69 Å². The minimum absolute atomic E-state index is 0.178. The predicted molar refractivity (Wildman–Crippen MR) is 143 cm³/mol. The summed E-state index contributed by atoms with van der Waals surface area (Å²) >= 11 is 28.2. The predicted octanol–water partition coefficient (Wildman–Crippen LogP) is 7.27. The van der Waals surface area contributed by atoms with Crippen molar-refractivity contribution in [2.24, 2.45) is 0 Å². The van der Waals surface area contributed by atoms with Gasteiger partial charge in [-0.2, -0.15) is 0 Å². The Labute approximate surface area is 238 Å². The topological polar surface area (TPSA) is 66.9 Å². The van der Waals surface area contributed by atoms with Crippen molar-refractivity contribution in [1.29, 1.82) is 0 Å². The van der Waals surface area contributed by atoms with Crippen LogP contribution in [0.2, 0.25) is 20.1 Å². The first kappa shape index (κ1) is 26.3. The van der Waals surface area contributed by atoms with Crippen LogP contribution in [0.25, 0.3) is 0 Å². The maximum Gasteiger partial charge on any atom is 0.264 e. The van der Waals surface area contributed by atoms with Crippen molar-refractivity contribution < 1.29 is 23.5 Å². The number of hydrogen-bond donors (Lipinski definition) is 0. The first-order valence-corrected chi connectivity index (χ1v) is 13.0. The first-order valence-electron chi connectivity index (χ1n) is 10.7. The van der Waals surface area contributed by atoms with E-state index in [9.17, 15) is 18.8 Å². The number of amides is 3. The monoisotopic (exact) mass is 644 g/mol. The molecule has 2 aliphatic heterocycles. The zero-order valence-corrected chi connectivity index (χ0v) is 23.5. The van der Waals surface area contributed by atoms with Crippen LogP contribution in [0.1, 0.15) is 37.9 Å². The Morgan fingerprint density at radius 3 is 1.95 bits per heavy atom. The van der Waals surface area contributed by atoms with Gasteiger partial charge in [0.15, 0.2) is 0 Å². The molecule has 1 fully saturated rings. The van der Waals surface area contributed by atoms with Gasteiger partial charge < -0.3 is 9.64 Å². The van der Waals surface area contributed by atoms with E-state index in [0.29, 0.717) is 21.3 Å². The largest absolute Gasteiger partial charge is 0.496 e. The second kappa shape index (κ2) is 9.43. The van der Waals surface area contributed by atoms with Crippen molar-refractivity contribution >= 4 is 85.7 Å². The van der Waals surface area contributed by atoms with E-state index in [4.69, 9.17) is 51.1 Å². The van der Waals surface area contributed by atoms with Gasteiger partial charge in [0.1, 0.15) is 17.6 Å². The molecule has 6 nitrogen and oxygen atoms in total. The maximum atomic E-state index is 14.5. The number of fused-ring (bicyclic) bond motifs is 1. The third-order valence-electron chi connectivity index (χ3n) is 6.43. The minimum Gasteiger partial charge on any atom is -0.496 e. The second-order valence-electron chi connectivity index (χ2n) is 8.41. The van der Waals surface area contributed by atoms with Crippen LogP contribution in [0.5, 0.6) is 5.75 Å². The summed E-state index contributed by atoms with van der Waals surface area (Å²) in [6.45, 7) is 1.60. The first-order chi connectivity index (χ1) is 17.5. The normalized spacial score (nSPS) is 18.9. The SMILES string of the molecule is COc1ccc([C@H]2[C@H](N3C(=O)c4c(Cl)c(Cl)c(Cl)c(Cl)c4C3=O)C(=O)N2c2ccc(C)c(F)c2)cc1Br. The van der Waals surface area contributed by atoms with Crippen LogP contribution < -0.4 is 9.64 Å². The quantitative estimate of drug-likeness (QED) is 0.129. The van der Waals surface area contributed by atoms with Crippen LogP contribution in [0.4, 0.5) is 10.1 Å². The number of halogens is 6. The number of benzene rings is 3. The van der Waals surface area contributed by atoms with Gasteiger partial charge in [0.25, 0.3) is 17.7 Å². The molecule has 2 heterocycles. The number of aryl methyl sites for hydroxylation is 1. The minimum atomic E-state index is -1.28. The summed E-state index contributed by atoms with van der Waals surface area (Å²) in [5.41, 5.74) is 0.764. The van der Waals surface area contributed by atoms with Crippen molar-refractivity contribution in [1.82, 2.24) is 4.90 Å². The third-order valence-corrected chi connectivity index (χ3v) is 8.85. The fraction of sp³-hybridized carbons (Fsp3) is 0.160. The number of ether oxygens (including phenoxy) is 1. The Morgan fingerprint density at radius 2 is 1.43 bits per heavy atom. The summed E-state index contributed by atoms with van der Waals surface area (Å²) in [7, 11) is 1.50. The fourth-order valence-corrected chi connectivity index (χ4v) is 6.13. The highest BCUT2D eigenvalue weighted by molar-refractivity contribution is 9.10. The van der Waals surface area contributed by atoms with Gasteiger partial charge in [-0.25, -0.2) is 4.39 Å². The lowest BCUT2D eigenvalue weighted by Gasteiger charge is -2.49. The molecule has 0 aromatic heterocycles. The van der Waals surface area contributed by atoms with E-state index in [2.05, 4.69) is 15.9 Å². The summed E-state index contributed by atoms with van der Waals surface area (Å²) in [5, 5.41) is -0.829. The molecule has 3 aromatic carbocycles.